The second kappa shape index (κ2) is 7.04. The monoisotopic (exact) mass is 291 g/mol. The SMILES string of the molecule is CCc1cnc(NC(=O)[C@H]2NCCO[C@@H]2C)s1.Cl. The number of ether oxygens (including phenoxy) is 1. The minimum atomic E-state index is -0.294. The number of nitrogens with one attached hydrogen (secondary N) is 2. The summed E-state index contributed by atoms with van der Waals surface area (Å²) in [6.45, 7) is 5.33. The molecule has 0 aliphatic carbocycles. The summed E-state index contributed by atoms with van der Waals surface area (Å²) in [5.74, 6) is -0.0748. The number of hydrogen-bond acceptors (Lipinski definition) is 5. The van der Waals surface area contributed by atoms with E-state index in [0.717, 1.165) is 6.42 Å². The molecule has 2 N–H and O–H groups in total. The summed E-state index contributed by atoms with van der Waals surface area (Å²) < 4.78 is 5.44. The van der Waals surface area contributed by atoms with Crippen LogP contribution >= 0.6 is 23.7 Å². The summed E-state index contributed by atoms with van der Waals surface area (Å²) >= 11 is 1.51. The van der Waals surface area contributed by atoms with Crippen molar-refractivity contribution in [3.05, 3.63) is 11.1 Å². The zero-order valence-corrected chi connectivity index (χ0v) is 12.1. The topological polar surface area (TPSA) is 63.2 Å². The van der Waals surface area contributed by atoms with E-state index in [0.29, 0.717) is 18.3 Å². The summed E-state index contributed by atoms with van der Waals surface area (Å²) in [6.07, 6.45) is 2.64. The highest BCUT2D eigenvalue weighted by molar-refractivity contribution is 7.15. The summed E-state index contributed by atoms with van der Waals surface area (Å²) in [4.78, 5) is 17.3. The van der Waals surface area contributed by atoms with Crippen molar-refractivity contribution in [1.82, 2.24) is 10.3 Å². The first kappa shape index (κ1) is 15.4. The molecule has 7 heteroatoms. The molecule has 18 heavy (non-hydrogen) atoms. The van der Waals surface area contributed by atoms with Gasteiger partial charge in [-0.05, 0) is 13.3 Å². The minimum Gasteiger partial charge on any atom is -0.375 e. The molecule has 1 aromatic rings. The Morgan fingerprint density at radius 1 is 1.72 bits per heavy atom. The van der Waals surface area contributed by atoms with E-state index in [1.54, 1.807) is 6.20 Å². The van der Waals surface area contributed by atoms with Gasteiger partial charge in [0, 0.05) is 17.6 Å². The molecule has 1 aliphatic rings. The normalized spacial score (nSPS) is 23.2. The Hall–Kier alpha value is -0.690. The lowest BCUT2D eigenvalue weighted by molar-refractivity contribution is -0.123. The van der Waals surface area contributed by atoms with E-state index in [-0.39, 0.29) is 30.5 Å². The van der Waals surface area contributed by atoms with E-state index in [1.165, 1.54) is 16.2 Å². The van der Waals surface area contributed by atoms with Crippen LogP contribution in [0.4, 0.5) is 5.13 Å². The first-order chi connectivity index (χ1) is 8.20. The second-order valence-electron chi connectivity index (χ2n) is 3.98. The Kier molecular flexibility index (Phi) is 6.01. The molecule has 2 atom stereocenters. The Bertz CT molecular complexity index is 399. The lowest BCUT2D eigenvalue weighted by Crippen LogP contribution is -2.53. The van der Waals surface area contributed by atoms with E-state index in [9.17, 15) is 4.79 Å². The predicted octanol–water partition coefficient (Wildman–Crippen LogP) is 1.44. The molecule has 2 rings (SSSR count). The standard InChI is InChI=1S/C11H17N3O2S.ClH/c1-3-8-6-13-11(17-8)14-10(15)9-7(2)16-5-4-12-9;/h6-7,9,12H,3-5H2,1-2H3,(H,13,14,15);1H/t7-,9+;/m1./s1. The van der Waals surface area contributed by atoms with E-state index in [1.807, 2.05) is 6.92 Å². The smallest absolute Gasteiger partial charge is 0.245 e. The van der Waals surface area contributed by atoms with Gasteiger partial charge in [-0.2, -0.15) is 0 Å². The number of morpholine rings is 1. The van der Waals surface area contributed by atoms with E-state index in [4.69, 9.17) is 4.74 Å². The number of anilines is 1. The lowest BCUT2D eigenvalue weighted by Gasteiger charge is -2.28. The third-order valence-electron chi connectivity index (χ3n) is 2.73. The van der Waals surface area contributed by atoms with Crippen molar-refractivity contribution in [1.29, 1.82) is 0 Å². The molecule has 0 radical (unpaired) electrons. The number of halogens is 1. The molecule has 0 bridgehead atoms. The van der Waals surface area contributed by atoms with Gasteiger partial charge in [-0.1, -0.05) is 6.92 Å². The fourth-order valence-corrected chi connectivity index (χ4v) is 2.49. The number of carbonyl (C=O) groups is 1. The molecule has 0 aromatic carbocycles. The van der Waals surface area contributed by atoms with Crippen LogP contribution in [0.15, 0.2) is 6.20 Å². The first-order valence-electron chi connectivity index (χ1n) is 5.81. The van der Waals surface area contributed by atoms with Gasteiger partial charge >= 0.3 is 0 Å². The van der Waals surface area contributed by atoms with Gasteiger partial charge < -0.3 is 15.4 Å². The maximum atomic E-state index is 12.0. The van der Waals surface area contributed by atoms with Crippen LogP contribution < -0.4 is 10.6 Å². The van der Waals surface area contributed by atoms with Gasteiger partial charge in [-0.15, -0.1) is 23.7 Å². The number of rotatable bonds is 3. The molecule has 1 fully saturated rings. The number of carbonyl (C=O) groups excluding carboxylic acids is 1. The van der Waals surface area contributed by atoms with Crippen molar-refractivity contribution in [3.63, 3.8) is 0 Å². The van der Waals surface area contributed by atoms with Crippen LogP contribution in [0, 0.1) is 0 Å². The van der Waals surface area contributed by atoms with Crippen molar-refractivity contribution in [2.45, 2.75) is 32.4 Å². The Morgan fingerprint density at radius 3 is 3.11 bits per heavy atom. The van der Waals surface area contributed by atoms with Crippen LogP contribution in [0.2, 0.25) is 0 Å². The van der Waals surface area contributed by atoms with Crippen molar-refractivity contribution in [2.75, 3.05) is 18.5 Å². The fourth-order valence-electron chi connectivity index (χ4n) is 1.74. The van der Waals surface area contributed by atoms with E-state index < -0.39 is 0 Å². The summed E-state index contributed by atoms with van der Waals surface area (Å²) in [7, 11) is 0. The molecule has 102 valence electrons. The highest BCUT2D eigenvalue weighted by Crippen LogP contribution is 2.19. The van der Waals surface area contributed by atoms with Gasteiger partial charge in [0.25, 0.3) is 0 Å². The Balaban J connectivity index is 0.00000162. The molecule has 5 nitrogen and oxygen atoms in total. The summed E-state index contributed by atoms with van der Waals surface area (Å²) in [5.41, 5.74) is 0. The Morgan fingerprint density at radius 2 is 2.50 bits per heavy atom. The average Bonchev–Trinajstić information content (AvgIpc) is 2.77. The first-order valence-corrected chi connectivity index (χ1v) is 6.63. The van der Waals surface area contributed by atoms with Gasteiger partial charge in [0.1, 0.15) is 6.04 Å². The molecular formula is C11H18ClN3O2S. The largest absolute Gasteiger partial charge is 0.375 e. The zero-order valence-electron chi connectivity index (χ0n) is 10.4. The van der Waals surface area contributed by atoms with Crippen LogP contribution in [-0.4, -0.2) is 36.2 Å². The summed E-state index contributed by atoms with van der Waals surface area (Å²) in [6, 6.07) is -0.294. The second-order valence-corrected chi connectivity index (χ2v) is 5.10. The van der Waals surface area contributed by atoms with Gasteiger partial charge in [-0.3, -0.25) is 4.79 Å². The lowest BCUT2D eigenvalue weighted by atomic mass is 10.1. The Labute approximate surface area is 117 Å². The quantitative estimate of drug-likeness (QED) is 0.885. The molecule has 0 saturated carbocycles. The van der Waals surface area contributed by atoms with E-state index in [2.05, 4.69) is 22.5 Å². The average molecular weight is 292 g/mol. The van der Waals surface area contributed by atoms with Crippen LogP contribution in [0.3, 0.4) is 0 Å². The van der Waals surface area contributed by atoms with Gasteiger partial charge in [-0.25, -0.2) is 4.98 Å². The van der Waals surface area contributed by atoms with E-state index >= 15 is 0 Å². The minimum absolute atomic E-state index is 0. The number of aromatic nitrogens is 1. The number of amides is 1. The summed E-state index contributed by atoms with van der Waals surface area (Å²) in [5, 5.41) is 6.63. The highest BCUT2D eigenvalue weighted by atomic mass is 35.5. The number of hydrogen-bond donors (Lipinski definition) is 2. The molecule has 0 unspecified atom stereocenters. The van der Waals surface area contributed by atoms with Gasteiger partial charge in [0.15, 0.2) is 5.13 Å². The molecular weight excluding hydrogens is 274 g/mol. The number of nitrogens with zero attached hydrogens (tertiary/aromatic N) is 1. The zero-order chi connectivity index (χ0) is 12.3. The van der Waals surface area contributed by atoms with Crippen molar-refractivity contribution < 1.29 is 9.53 Å². The molecule has 1 aromatic heterocycles. The van der Waals surface area contributed by atoms with Crippen LogP contribution in [0.5, 0.6) is 0 Å². The molecule has 1 aliphatic heterocycles. The third-order valence-corrected chi connectivity index (χ3v) is 3.79. The van der Waals surface area contributed by atoms with Crippen LogP contribution in [0.25, 0.3) is 0 Å². The predicted molar refractivity (Wildman–Crippen MR) is 74.6 cm³/mol. The maximum Gasteiger partial charge on any atom is 0.245 e. The van der Waals surface area contributed by atoms with Crippen molar-refractivity contribution in [2.24, 2.45) is 0 Å². The fraction of sp³-hybridized carbons (Fsp3) is 0.636. The number of aryl methyl sites for hydroxylation is 1. The van der Waals surface area contributed by atoms with Crippen LogP contribution in [-0.2, 0) is 16.0 Å². The van der Waals surface area contributed by atoms with Crippen molar-refractivity contribution in [3.8, 4) is 0 Å². The molecule has 1 amide bonds. The third kappa shape index (κ3) is 3.65. The number of thiazole rings is 1. The maximum absolute atomic E-state index is 12.0. The van der Waals surface area contributed by atoms with Gasteiger partial charge in [0.2, 0.25) is 5.91 Å². The molecule has 2 heterocycles. The van der Waals surface area contributed by atoms with Crippen LogP contribution in [0.1, 0.15) is 18.7 Å². The molecule has 1 saturated heterocycles. The highest BCUT2D eigenvalue weighted by Gasteiger charge is 2.28. The van der Waals surface area contributed by atoms with Crippen molar-refractivity contribution >= 4 is 34.8 Å². The van der Waals surface area contributed by atoms with Gasteiger partial charge in [0.05, 0.1) is 12.7 Å². The molecule has 0 spiro atoms.